The molecular weight excluding hydrogens is 304 g/mol. The van der Waals surface area contributed by atoms with Gasteiger partial charge in [0.1, 0.15) is 0 Å². The lowest BCUT2D eigenvalue weighted by Gasteiger charge is -2.23. The van der Waals surface area contributed by atoms with Crippen LogP contribution in [0.1, 0.15) is 53.8 Å². The smallest absolute Gasteiger partial charge is 0.253 e. The van der Waals surface area contributed by atoms with Crippen LogP contribution in [-0.4, -0.2) is 59.5 Å². The van der Waals surface area contributed by atoms with E-state index in [1.807, 2.05) is 13.8 Å². The third kappa shape index (κ3) is 4.15. The first-order valence-corrected chi connectivity index (χ1v) is 8.80. The van der Waals surface area contributed by atoms with Crippen LogP contribution in [0.25, 0.3) is 0 Å². The Bertz CT molecular complexity index is 566. The molecule has 1 fully saturated rings. The van der Waals surface area contributed by atoms with Crippen molar-refractivity contribution in [3.63, 3.8) is 0 Å². The Morgan fingerprint density at radius 2 is 1.58 bits per heavy atom. The van der Waals surface area contributed by atoms with Gasteiger partial charge < -0.3 is 14.9 Å². The summed E-state index contributed by atoms with van der Waals surface area (Å²) in [7, 11) is 1.77. The molecule has 0 radical (unpaired) electrons. The number of rotatable bonds is 6. The quantitative estimate of drug-likeness (QED) is 0.870. The van der Waals surface area contributed by atoms with Gasteiger partial charge in [-0.3, -0.25) is 9.59 Å². The Labute approximate surface area is 144 Å². The lowest BCUT2D eigenvalue weighted by atomic mass is 10.0. The Balaban J connectivity index is 2.01. The minimum Gasteiger partial charge on any atom is -0.393 e. The maximum Gasteiger partial charge on any atom is 0.253 e. The number of aliphatic hydroxyl groups excluding tert-OH is 1. The van der Waals surface area contributed by atoms with Crippen LogP contribution in [0.5, 0.6) is 0 Å². The number of benzene rings is 1. The number of amides is 2. The third-order valence-electron chi connectivity index (χ3n) is 4.90. The molecule has 5 heteroatoms. The predicted molar refractivity (Wildman–Crippen MR) is 94.0 cm³/mol. The summed E-state index contributed by atoms with van der Waals surface area (Å²) in [6, 6.07) is 6.85. The van der Waals surface area contributed by atoms with Crippen LogP contribution < -0.4 is 0 Å². The molecule has 0 aliphatic heterocycles. The summed E-state index contributed by atoms with van der Waals surface area (Å²) in [6.07, 6.45) is 2.52. The van der Waals surface area contributed by atoms with E-state index in [4.69, 9.17) is 0 Å². The van der Waals surface area contributed by atoms with Gasteiger partial charge in [0.2, 0.25) is 0 Å². The number of hydrogen-bond acceptors (Lipinski definition) is 3. The number of aliphatic hydroxyl groups is 1. The van der Waals surface area contributed by atoms with Crippen LogP contribution in [0.15, 0.2) is 24.3 Å². The Hall–Kier alpha value is -1.88. The molecule has 132 valence electrons. The molecule has 24 heavy (non-hydrogen) atoms. The Kier molecular flexibility index (Phi) is 6.37. The highest BCUT2D eigenvalue weighted by atomic mass is 16.3. The molecule has 5 nitrogen and oxygen atoms in total. The maximum absolute atomic E-state index is 12.5. The molecule has 1 N–H and O–H groups in total. The van der Waals surface area contributed by atoms with E-state index in [1.54, 1.807) is 41.1 Å². The molecule has 0 saturated heterocycles. The molecule has 1 aromatic carbocycles. The molecular formula is C19H28N2O3. The zero-order valence-corrected chi connectivity index (χ0v) is 14.9. The molecule has 1 aromatic rings. The van der Waals surface area contributed by atoms with E-state index in [-0.39, 0.29) is 23.8 Å². The lowest BCUT2D eigenvalue weighted by molar-refractivity contribution is 0.0691. The largest absolute Gasteiger partial charge is 0.393 e. The van der Waals surface area contributed by atoms with Crippen molar-refractivity contribution in [3.05, 3.63) is 35.4 Å². The van der Waals surface area contributed by atoms with Crippen molar-refractivity contribution < 1.29 is 14.7 Å². The molecule has 0 aromatic heterocycles. The molecule has 1 saturated carbocycles. The SMILES string of the molecule is CCN(CC)C(=O)c1ccc(C(=O)N(C)CC2CCCC2O)cc1. The fourth-order valence-corrected chi connectivity index (χ4v) is 3.33. The predicted octanol–water partition coefficient (Wildman–Crippen LogP) is 2.40. The fourth-order valence-electron chi connectivity index (χ4n) is 3.33. The van der Waals surface area contributed by atoms with Crippen LogP contribution in [-0.2, 0) is 0 Å². The first-order chi connectivity index (χ1) is 11.5. The Morgan fingerprint density at radius 3 is 2.04 bits per heavy atom. The van der Waals surface area contributed by atoms with Crippen molar-refractivity contribution in [3.8, 4) is 0 Å². The number of nitrogens with zero attached hydrogens (tertiary/aromatic N) is 2. The summed E-state index contributed by atoms with van der Waals surface area (Å²) in [5.41, 5.74) is 1.17. The van der Waals surface area contributed by atoms with Crippen molar-refractivity contribution in [1.29, 1.82) is 0 Å². The van der Waals surface area contributed by atoms with Crippen molar-refractivity contribution in [2.75, 3.05) is 26.7 Å². The van der Waals surface area contributed by atoms with E-state index in [9.17, 15) is 14.7 Å². The Morgan fingerprint density at radius 1 is 1.04 bits per heavy atom. The van der Waals surface area contributed by atoms with Gasteiger partial charge in [0.25, 0.3) is 11.8 Å². The summed E-state index contributed by atoms with van der Waals surface area (Å²) >= 11 is 0. The van der Waals surface area contributed by atoms with E-state index in [0.29, 0.717) is 30.8 Å². The van der Waals surface area contributed by atoms with Gasteiger partial charge in [-0.25, -0.2) is 0 Å². The third-order valence-corrected chi connectivity index (χ3v) is 4.90. The molecule has 2 unspecified atom stereocenters. The molecule has 0 bridgehead atoms. The summed E-state index contributed by atoms with van der Waals surface area (Å²) in [5.74, 6) is 0.0832. The number of carbonyl (C=O) groups excluding carboxylic acids is 2. The summed E-state index contributed by atoms with van der Waals surface area (Å²) < 4.78 is 0. The second kappa shape index (κ2) is 8.29. The molecule has 2 rings (SSSR count). The lowest BCUT2D eigenvalue weighted by Crippen LogP contribution is -2.34. The monoisotopic (exact) mass is 332 g/mol. The highest BCUT2D eigenvalue weighted by molar-refractivity contribution is 5.97. The van der Waals surface area contributed by atoms with Crippen LogP contribution in [0.2, 0.25) is 0 Å². The molecule has 0 heterocycles. The van der Waals surface area contributed by atoms with Crippen molar-refractivity contribution in [1.82, 2.24) is 9.80 Å². The minimum atomic E-state index is -0.297. The summed E-state index contributed by atoms with van der Waals surface area (Å²) in [5, 5.41) is 9.91. The van der Waals surface area contributed by atoms with Gasteiger partial charge in [-0.1, -0.05) is 6.42 Å². The van der Waals surface area contributed by atoms with Crippen molar-refractivity contribution >= 4 is 11.8 Å². The minimum absolute atomic E-state index is 0.0126. The molecule has 2 atom stereocenters. The van der Waals surface area contributed by atoms with Gasteiger partial charge in [0.05, 0.1) is 6.10 Å². The maximum atomic E-state index is 12.5. The number of hydrogen-bond donors (Lipinski definition) is 1. The average molecular weight is 332 g/mol. The molecule has 0 spiro atoms. The van der Waals surface area contributed by atoms with E-state index >= 15 is 0 Å². The zero-order chi connectivity index (χ0) is 17.7. The number of carbonyl (C=O) groups is 2. The topological polar surface area (TPSA) is 60.9 Å². The normalized spacial score (nSPS) is 20.0. The van der Waals surface area contributed by atoms with Gasteiger partial charge in [-0.15, -0.1) is 0 Å². The standard InChI is InChI=1S/C19H28N2O3/c1-4-21(5-2)19(24)15-11-9-14(10-12-15)18(23)20(3)13-16-7-6-8-17(16)22/h9-12,16-17,22H,4-8,13H2,1-3H3. The molecule has 1 aliphatic carbocycles. The van der Waals surface area contributed by atoms with E-state index in [0.717, 1.165) is 19.3 Å². The van der Waals surface area contributed by atoms with Gasteiger partial charge in [-0.05, 0) is 51.0 Å². The van der Waals surface area contributed by atoms with Crippen LogP contribution in [0, 0.1) is 5.92 Å². The second-order valence-electron chi connectivity index (χ2n) is 6.50. The molecule has 1 aliphatic rings. The van der Waals surface area contributed by atoms with E-state index in [1.165, 1.54) is 0 Å². The highest BCUT2D eigenvalue weighted by Gasteiger charge is 2.27. The fraction of sp³-hybridized carbons (Fsp3) is 0.579. The second-order valence-corrected chi connectivity index (χ2v) is 6.50. The summed E-state index contributed by atoms with van der Waals surface area (Å²) in [4.78, 5) is 28.2. The van der Waals surface area contributed by atoms with Crippen molar-refractivity contribution in [2.24, 2.45) is 5.92 Å². The van der Waals surface area contributed by atoms with E-state index in [2.05, 4.69) is 0 Å². The summed E-state index contributed by atoms with van der Waals surface area (Å²) in [6.45, 7) is 5.81. The van der Waals surface area contributed by atoms with Crippen LogP contribution in [0.3, 0.4) is 0 Å². The first-order valence-electron chi connectivity index (χ1n) is 8.80. The average Bonchev–Trinajstić information content (AvgIpc) is 3.00. The van der Waals surface area contributed by atoms with Crippen LogP contribution >= 0.6 is 0 Å². The first kappa shape index (κ1) is 18.5. The van der Waals surface area contributed by atoms with E-state index < -0.39 is 0 Å². The van der Waals surface area contributed by atoms with Gasteiger partial charge in [-0.2, -0.15) is 0 Å². The zero-order valence-electron chi connectivity index (χ0n) is 14.9. The highest BCUT2D eigenvalue weighted by Crippen LogP contribution is 2.26. The van der Waals surface area contributed by atoms with Crippen LogP contribution in [0.4, 0.5) is 0 Å². The van der Waals surface area contributed by atoms with Gasteiger partial charge >= 0.3 is 0 Å². The van der Waals surface area contributed by atoms with Gasteiger partial charge in [0.15, 0.2) is 0 Å². The van der Waals surface area contributed by atoms with Gasteiger partial charge in [0, 0.05) is 43.7 Å². The molecule has 2 amide bonds. The van der Waals surface area contributed by atoms with Crippen molar-refractivity contribution in [2.45, 2.75) is 39.2 Å².